The van der Waals surface area contributed by atoms with Crippen molar-refractivity contribution >= 4 is 15.9 Å². The van der Waals surface area contributed by atoms with Crippen molar-refractivity contribution in [3.05, 3.63) is 101 Å². The highest BCUT2D eigenvalue weighted by Crippen LogP contribution is 2.18. The summed E-state index contributed by atoms with van der Waals surface area (Å²) in [6.45, 7) is 2.71. The van der Waals surface area contributed by atoms with Crippen LogP contribution >= 0.6 is 0 Å². The number of aryl methyl sites for hydroxylation is 1. The van der Waals surface area contributed by atoms with Crippen molar-refractivity contribution in [3.63, 3.8) is 0 Å². The van der Waals surface area contributed by atoms with Gasteiger partial charge in [-0.15, -0.1) is 0 Å². The van der Waals surface area contributed by atoms with Gasteiger partial charge in [-0.3, -0.25) is 4.79 Å². The standard InChI is InChI=1S/C24H26N2O4S/c1-18-11-12-22(24(27)25-15-20-9-6-10-21(13-20)17-30-2)14-23(18)31(28,29)26-16-19-7-4-3-5-8-19/h3-14,26H,15-17H2,1-2H3,(H,25,27). The van der Waals surface area contributed by atoms with Crippen LogP contribution in [-0.4, -0.2) is 21.4 Å². The van der Waals surface area contributed by atoms with E-state index in [-0.39, 0.29) is 17.3 Å². The number of rotatable bonds is 9. The molecule has 0 aliphatic carbocycles. The second-order valence-electron chi connectivity index (χ2n) is 7.23. The highest BCUT2D eigenvalue weighted by atomic mass is 32.2. The zero-order valence-electron chi connectivity index (χ0n) is 17.6. The Morgan fingerprint density at radius 1 is 0.871 bits per heavy atom. The van der Waals surface area contributed by atoms with Crippen molar-refractivity contribution in [1.82, 2.24) is 10.0 Å². The van der Waals surface area contributed by atoms with E-state index in [4.69, 9.17) is 4.74 Å². The third-order valence-electron chi connectivity index (χ3n) is 4.80. The van der Waals surface area contributed by atoms with Gasteiger partial charge in [0.2, 0.25) is 10.0 Å². The first-order valence-electron chi connectivity index (χ1n) is 9.88. The minimum absolute atomic E-state index is 0.0955. The van der Waals surface area contributed by atoms with Crippen molar-refractivity contribution in [2.24, 2.45) is 0 Å². The lowest BCUT2D eigenvalue weighted by atomic mass is 10.1. The third kappa shape index (κ3) is 6.24. The number of hydrogen-bond acceptors (Lipinski definition) is 4. The summed E-state index contributed by atoms with van der Waals surface area (Å²) in [5.74, 6) is -0.336. The summed E-state index contributed by atoms with van der Waals surface area (Å²) in [7, 11) is -2.14. The summed E-state index contributed by atoms with van der Waals surface area (Å²) in [6, 6.07) is 21.7. The van der Waals surface area contributed by atoms with E-state index in [2.05, 4.69) is 10.0 Å². The van der Waals surface area contributed by atoms with E-state index in [1.807, 2.05) is 54.6 Å². The number of methoxy groups -OCH3 is 1. The van der Waals surface area contributed by atoms with E-state index in [1.54, 1.807) is 26.2 Å². The molecular weight excluding hydrogens is 412 g/mol. The zero-order valence-corrected chi connectivity index (χ0v) is 18.4. The Balaban J connectivity index is 1.70. The van der Waals surface area contributed by atoms with Crippen LogP contribution in [0.2, 0.25) is 0 Å². The average molecular weight is 439 g/mol. The maximum absolute atomic E-state index is 12.8. The molecule has 0 aromatic heterocycles. The molecule has 7 heteroatoms. The molecule has 0 heterocycles. The predicted molar refractivity (Wildman–Crippen MR) is 120 cm³/mol. The zero-order chi connectivity index (χ0) is 22.3. The van der Waals surface area contributed by atoms with Crippen LogP contribution in [0.1, 0.15) is 32.6 Å². The van der Waals surface area contributed by atoms with E-state index in [0.29, 0.717) is 24.3 Å². The molecule has 0 atom stereocenters. The first kappa shape index (κ1) is 22.7. The fourth-order valence-electron chi connectivity index (χ4n) is 3.16. The Bertz CT molecular complexity index is 1150. The molecule has 0 saturated heterocycles. The van der Waals surface area contributed by atoms with Gasteiger partial charge in [0.25, 0.3) is 5.91 Å². The van der Waals surface area contributed by atoms with Crippen molar-refractivity contribution < 1.29 is 17.9 Å². The first-order valence-corrected chi connectivity index (χ1v) is 11.4. The molecular formula is C24H26N2O4S. The molecule has 6 nitrogen and oxygen atoms in total. The number of nitrogens with one attached hydrogen (secondary N) is 2. The quantitative estimate of drug-likeness (QED) is 0.535. The van der Waals surface area contributed by atoms with Gasteiger partial charge in [0.1, 0.15) is 0 Å². The summed E-state index contributed by atoms with van der Waals surface area (Å²) in [6.07, 6.45) is 0. The van der Waals surface area contributed by atoms with Crippen LogP contribution in [0.15, 0.2) is 77.7 Å². The molecule has 0 bridgehead atoms. The summed E-state index contributed by atoms with van der Waals surface area (Å²) in [4.78, 5) is 12.7. The summed E-state index contributed by atoms with van der Waals surface area (Å²) < 4.78 is 33.4. The number of amides is 1. The molecule has 0 fully saturated rings. The number of benzene rings is 3. The van der Waals surface area contributed by atoms with E-state index < -0.39 is 10.0 Å². The van der Waals surface area contributed by atoms with E-state index in [9.17, 15) is 13.2 Å². The number of carbonyl (C=O) groups excluding carboxylic acids is 1. The van der Waals surface area contributed by atoms with Gasteiger partial charge < -0.3 is 10.1 Å². The van der Waals surface area contributed by atoms with Gasteiger partial charge in [0.05, 0.1) is 11.5 Å². The van der Waals surface area contributed by atoms with Crippen molar-refractivity contribution in [1.29, 1.82) is 0 Å². The van der Waals surface area contributed by atoms with E-state index >= 15 is 0 Å². The molecule has 162 valence electrons. The Morgan fingerprint density at radius 2 is 1.58 bits per heavy atom. The van der Waals surface area contributed by atoms with Crippen molar-refractivity contribution in [2.75, 3.05) is 7.11 Å². The third-order valence-corrected chi connectivity index (χ3v) is 6.35. The highest BCUT2D eigenvalue weighted by molar-refractivity contribution is 7.89. The molecule has 0 aliphatic rings. The molecule has 0 radical (unpaired) electrons. The first-order chi connectivity index (χ1) is 14.9. The number of carbonyl (C=O) groups is 1. The smallest absolute Gasteiger partial charge is 0.251 e. The molecule has 0 saturated carbocycles. The summed E-state index contributed by atoms with van der Waals surface area (Å²) >= 11 is 0. The van der Waals surface area contributed by atoms with Gasteiger partial charge >= 0.3 is 0 Å². The van der Waals surface area contributed by atoms with E-state index in [1.165, 1.54) is 6.07 Å². The second-order valence-corrected chi connectivity index (χ2v) is 8.96. The molecule has 0 unspecified atom stereocenters. The van der Waals surface area contributed by atoms with Crippen LogP contribution in [0.25, 0.3) is 0 Å². The largest absolute Gasteiger partial charge is 0.380 e. The maximum Gasteiger partial charge on any atom is 0.251 e. The molecule has 3 aromatic rings. The predicted octanol–water partition coefficient (Wildman–Crippen LogP) is 3.55. The van der Waals surface area contributed by atoms with Crippen molar-refractivity contribution in [3.8, 4) is 0 Å². The van der Waals surface area contributed by atoms with Gasteiger partial charge in [0, 0.05) is 25.8 Å². The van der Waals surface area contributed by atoms with E-state index in [0.717, 1.165) is 16.7 Å². The number of sulfonamides is 1. The second kappa shape index (κ2) is 10.3. The summed E-state index contributed by atoms with van der Waals surface area (Å²) in [5, 5.41) is 2.85. The van der Waals surface area contributed by atoms with Gasteiger partial charge in [-0.2, -0.15) is 0 Å². The molecule has 1 amide bonds. The minimum atomic E-state index is -3.77. The molecule has 0 aliphatic heterocycles. The molecule has 3 aromatic carbocycles. The van der Waals surface area contributed by atoms with Crippen LogP contribution in [0, 0.1) is 6.92 Å². The Labute approximate surface area is 183 Å². The van der Waals surface area contributed by atoms with Crippen LogP contribution in [-0.2, 0) is 34.5 Å². The topological polar surface area (TPSA) is 84.5 Å². The molecule has 31 heavy (non-hydrogen) atoms. The number of ether oxygens (including phenoxy) is 1. The normalized spacial score (nSPS) is 11.3. The Hall–Kier alpha value is -3.00. The lowest BCUT2D eigenvalue weighted by Crippen LogP contribution is -2.26. The van der Waals surface area contributed by atoms with Gasteiger partial charge in [-0.05, 0) is 41.3 Å². The fraction of sp³-hybridized carbons (Fsp3) is 0.208. The lowest BCUT2D eigenvalue weighted by molar-refractivity contribution is 0.0950. The summed E-state index contributed by atoms with van der Waals surface area (Å²) in [5.41, 5.74) is 3.67. The SMILES string of the molecule is COCc1cccc(CNC(=O)c2ccc(C)c(S(=O)(=O)NCc3ccccc3)c2)c1. The van der Waals surface area contributed by atoms with Crippen molar-refractivity contribution in [2.45, 2.75) is 31.5 Å². The van der Waals surface area contributed by atoms with Crippen LogP contribution in [0.5, 0.6) is 0 Å². The maximum atomic E-state index is 12.8. The average Bonchev–Trinajstić information content (AvgIpc) is 2.77. The number of hydrogen-bond donors (Lipinski definition) is 2. The highest BCUT2D eigenvalue weighted by Gasteiger charge is 2.19. The Kier molecular flexibility index (Phi) is 7.57. The van der Waals surface area contributed by atoms with Gasteiger partial charge in [-0.25, -0.2) is 13.1 Å². The van der Waals surface area contributed by atoms with Crippen LogP contribution in [0.3, 0.4) is 0 Å². The molecule has 0 spiro atoms. The minimum Gasteiger partial charge on any atom is -0.380 e. The fourth-order valence-corrected chi connectivity index (χ4v) is 4.45. The molecule has 3 rings (SSSR count). The Morgan fingerprint density at radius 3 is 2.32 bits per heavy atom. The van der Waals surface area contributed by atoms with Crippen LogP contribution < -0.4 is 10.0 Å². The van der Waals surface area contributed by atoms with Gasteiger partial charge in [-0.1, -0.05) is 60.7 Å². The lowest BCUT2D eigenvalue weighted by Gasteiger charge is -2.12. The van der Waals surface area contributed by atoms with Crippen LogP contribution in [0.4, 0.5) is 0 Å². The monoisotopic (exact) mass is 438 g/mol. The van der Waals surface area contributed by atoms with Gasteiger partial charge in [0.15, 0.2) is 0 Å². The molecule has 2 N–H and O–H groups in total.